The molecular weight excluding hydrogens is 450 g/mol. The predicted octanol–water partition coefficient (Wildman–Crippen LogP) is 3.76. The molecule has 12 heteroatoms. The number of amides is 1. The number of non-ortho nitro benzene ring substituents is 2. The van der Waals surface area contributed by atoms with Crippen LogP contribution in [-0.4, -0.2) is 34.8 Å². The highest BCUT2D eigenvalue weighted by molar-refractivity contribution is 6.07. The van der Waals surface area contributed by atoms with E-state index in [0.29, 0.717) is 0 Å². The Kier molecular flexibility index (Phi) is 6.92. The van der Waals surface area contributed by atoms with Crippen molar-refractivity contribution >= 4 is 34.9 Å². The number of nitrogens with zero attached hydrogens (tertiary/aromatic N) is 2. The van der Waals surface area contributed by atoms with Crippen molar-refractivity contribution in [1.29, 1.82) is 0 Å². The van der Waals surface area contributed by atoms with Crippen molar-refractivity contribution in [2.24, 2.45) is 0 Å². The van der Waals surface area contributed by atoms with E-state index < -0.39 is 27.7 Å². The Bertz CT molecular complexity index is 1290. The zero-order valence-electron chi connectivity index (χ0n) is 17.4. The summed E-state index contributed by atoms with van der Waals surface area (Å²) in [4.78, 5) is 57.9. The fraction of sp³-hybridized carbons (Fsp3) is 0.0455. The Morgan fingerprint density at radius 2 is 1.29 bits per heavy atom. The van der Waals surface area contributed by atoms with Crippen molar-refractivity contribution in [1.82, 2.24) is 0 Å². The number of rotatable bonds is 7. The van der Waals surface area contributed by atoms with Crippen LogP contribution < -0.4 is 10.1 Å². The standard InChI is InChI=1S/C22H15N3O9/c1-33-22(28)17-3-2-4-18(23-20(26)13-5-9-15(10-6-13)24(29)30)19(17)34-21(27)14-7-11-16(12-8-14)25(31)32/h2-12H,1H3,(H,23,26). The van der Waals surface area contributed by atoms with E-state index in [0.717, 1.165) is 31.4 Å². The highest BCUT2D eigenvalue weighted by Crippen LogP contribution is 2.31. The van der Waals surface area contributed by atoms with Gasteiger partial charge in [0.05, 0.1) is 28.2 Å². The third-order valence-corrected chi connectivity index (χ3v) is 4.52. The van der Waals surface area contributed by atoms with Crippen molar-refractivity contribution < 1.29 is 33.7 Å². The fourth-order valence-electron chi connectivity index (χ4n) is 2.82. The molecule has 3 aromatic carbocycles. The van der Waals surface area contributed by atoms with E-state index in [1.54, 1.807) is 0 Å². The highest BCUT2D eigenvalue weighted by atomic mass is 16.6. The first-order chi connectivity index (χ1) is 16.2. The van der Waals surface area contributed by atoms with Gasteiger partial charge in [0.25, 0.3) is 17.3 Å². The molecule has 0 radical (unpaired) electrons. The van der Waals surface area contributed by atoms with Gasteiger partial charge < -0.3 is 14.8 Å². The summed E-state index contributed by atoms with van der Waals surface area (Å²) in [5.74, 6) is -2.80. The highest BCUT2D eigenvalue weighted by Gasteiger charge is 2.22. The lowest BCUT2D eigenvalue weighted by atomic mass is 10.1. The molecule has 34 heavy (non-hydrogen) atoms. The molecule has 0 aromatic heterocycles. The second-order valence-electron chi connectivity index (χ2n) is 6.63. The van der Waals surface area contributed by atoms with E-state index >= 15 is 0 Å². The van der Waals surface area contributed by atoms with E-state index in [-0.39, 0.29) is 39.5 Å². The molecule has 0 heterocycles. The van der Waals surface area contributed by atoms with Gasteiger partial charge in [-0.3, -0.25) is 25.0 Å². The molecule has 3 rings (SSSR count). The minimum absolute atomic E-state index is 0.0436. The van der Waals surface area contributed by atoms with Crippen LogP contribution in [0.1, 0.15) is 31.1 Å². The number of hydrogen-bond donors (Lipinski definition) is 1. The molecule has 1 N–H and O–H groups in total. The quantitative estimate of drug-likeness (QED) is 0.236. The van der Waals surface area contributed by atoms with Crippen LogP contribution in [-0.2, 0) is 4.74 Å². The number of hydrogen-bond acceptors (Lipinski definition) is 9. The normalized spacial score (nSPS) is 10.1. The maximum Gasteiger partial charge on any atom is 0.343 e. The number of esters is 2. The Morgan fingerprint density at radius 1 is 0.765 bits per heavy atom. The van der Waals surface area contributed by atoms with Crippen molar-refractivity contribution in [2.45, 2.75) is 0 Å². The van der Waals surface area contributed by atoms with Crippen LogP contribution >= 0.6 is 0 Å². The predicted molar refractivity (Wildman–Crippen MR) is 117 cm³/mol. The van der Waals surface area contributed by atoms with Crippen LogP contribution in [0.3, 0.4) is 0 Å². The summed E-state index contributed by atoms with van der Waals surface area (Å²) in [5, 5.41) is 24.1. The number of para-hydroxylation sites is 1. The molecule has 0 saturated heterocycles. The van der Waals surface area contributed by atoms with Crippen molar-refractivity contribution in [3.63, 3.8) is 0 Å². The number of anilines is 1. The second kappa shape index (κ2) is 9.99. The number of carbonyl (C=O) groups excluding carboxylic acids is 3. The summed E-state index contributed by atoms with van der Waals surface area (Å²) in [6.07, 6.45) is 0. The third-order valence-electron chi connectivity index (χ3n) is 4.52. The molecule has 0 bridgehead atoms. The molecule has 172 valence electrons. The van der Waals surface area contributed by atoms with E-state index in [9.17, 15) is 34.6 Å². The maximum atomic E-state index is 12.7. The van der Waals surface area contributed by atoms with Gasteiger partial charge in [0.1, 0.15) is 5.56 Å². The fourth-order valence-corrected chi connectivity index (χ4v) is 2.82. The smallest absolute Gasteiger partial charge is 0.343 e. The number of benzene rings is 3. The van der Waals surface area contributed by atoms with Gasteiger partial charge in [0.2, 0.25) is 0 Å². The molecule has 1 amide bonds. The van der Waals surface area contributed by atoms with E-state index in [1.165, 1.54) is 42.5 Å². The van der Waals surface area contributed by atoms with Gasteiger partial charge in [-0.05, 0) is 36.4 Å². The third kappa shape index (κ3) is 5.19. The monoisotopic (exact) mass is 465 g/mol. The Morgan fingerprint density at radius 3 is 1.79 bits per heavy atom. The van der Waals surface area contributed by atoms with Crippen LogP contribution in [0.25, 0.3) is 0 Å². The van der Waals surface area contributed by atoms with Gasteiger partial charge in [0.15, 0.2) is 5.75 Å². The summed E-state index contributed by atoms with van der Waals surface area (Å²) in [5.41, 5.74) is -0.634. The van der Waals surface area contributed by atoms with Gasteiger partial charge in [-0.1, -0.05) is 6.07 Å². The SMILES string of the molecule is COC(=O)c1cccc(NC(=O)c2ccc([N+](=O)[O-])cc2)c1OC(=O)c1ccc([N+](=O)[O-])cc1. The van der Waals surface area contributed by atoms with Gasteiger partial charge in [-0.2, -0.15) is 0 Å². The topological polar surface area (TPSA) is 168 Å². The number of carbonyl (C=O) groups is 3. The van der Waals surface area contributed by atoms with E-state index in [4.69, 9.17) is 9.47 Å². The van der Waals surface area contributed by atoms with Crippen LogP contribution in [0.5, 0.6) is 5.75 Å². The van der Waals surface area contributed by atoms with Crippen LogP contribution in [0.2, 0.25) is 0 Å². The first-order valence-corrected chi connectivity index (χ1v) is 9.45. The number of methoxy groups -OCH3 is 1. The van der Waals surface area contributed by atoms with Crippen LogP contribution in [0, 0.1) is 20.2 Å². The molecule has 3 aromatic rings. The molecule has 0 unspecified atom stereocenters. The first-order valence-electron chi connectivity index (χ1n) is 9.45. The van der Waals surface area contributed by atoms with Crippen molar-refractivity contribution in [2.75, 3.05) is 12.4 Å². The van der Waals surface area contributed by atoms with Crippen LogP contribution in [0.15, 0.2) is 66.7 Å². The summed E-state index contributed by atoms with van der Waals surface area (Å²) < 4.78 is 10.1. The second-order valence-corrected chi connectivity index (χ2v) is 6.63. The zero-order chi connectivity index (χ0) is 24.8. The molecule has 0 atom stereocenters. The summed E-state index contributed by atoms with van der Waals surface area (Å²) in [6, 6.07) is 13.4. The van der Waals surface area contributed by atoms with Gasteiger partial charge in [-0.15, -0.1) is 0 Å². The molecule has 12 nitrogen and oxygen atoms in total. The first kappa shape index (κ1) is 23.5. The molecule has 0 aliphatic carbocycles. The molecular formula is C22H15N3O9. The van der Waals surface area contributed by atoms with Gasteiger partial charge in [0, 0.05) is 29.8 Å². The average molecular weight is 465 g/mol. The number of nitro groups is 2. The Balaban J connectivity index is 1.92. The minimum Gasteiger partial charge on any atom is -0.465 e. The molecule has 0 aliphatic rings. The number of nitro benzene ring substituents is 2. The lowest BCUT2D eigenvalue weighted by Crippen LogP contribution is -2.17. The molecule has 0 spiro atoms. The average Bonchev–Trinajstić information content (AvgIpc) is 2.84. The van der Waals surface area contributed by atoms with Crippen LogP contribution in [0.4, 0.5) is 17.1 Å². The van der Waals surface area contributed by atoms with Gasteiger partial charge >= 0.3 is 11.9 Å². The van der Waals surface area contributed by atoms with Gasteiger partial charge in [-0.25, -0.2) is 9.59 Å². The molecule has 0 saturated carbocycles. The molecule has 0 aliphatic heterocycles. The Labute approximate surface area is 191 Å². The molecule has 0 fully saturated rings. The van der Waals surface area contributed by atoms with Crippen molar-refractivity contribution in [3.05, 3.63) is 104 Å². The minimum atomic E-state index is -0.947. The maximum absolute atomic E-state index is 12.7. The summed E-state index contributed by atoms with van der Waals surface area (Å²) in [6.45, 7) is 0. The largest absolute Gasteiger partial charge is 0.465 e. The Hall–Kier alpha value is -5.13. The number of nitrogens with one attached hydrogen (secondary N) is 1. The van der Waals surface area contributed by atoms with E-state index in [1.807, 2.05) is 0 Å². The van der Waals surface area contributed by atoms with E-state index in [2.05, 4.69) is 5.32 Å². The lowest BCUT2D eigenvalue weighted by molar-refractivity contribution is -0.385. The lowest BCUT2D eigenvalue weighted by Gasteiger charge is -2.14. The number of ether oxygens (including phenoxy) is 2. The van der Waals surface area contributed by atoms with Crippen molar-refractivity contribution in [3.8, 4) is 5.75 Å². The zero-order valence-corrected chi connectivity index (χ0v) is 17.4. The summed E-state index contributed by atoms with van der Waals surface area (Å²) >= 11 is 0. The summed E-state index contributed by atoms with van der Waals surface area (Å²) in [7, 11) is 1.12.